The number of hydrogen-bond donors (Lipinski definition) is 0. The number of piperazine rings is 1. The van der Waals surface area contributed by atoms with E-state index in [1.165, 1.54) is 31.1 Å². The number of carbonyl (C=O) groups is 1. The summed E-state index contributed by atoms with van der Waals surface area (Å²) in [5.41, 5.74) is 1.31. The summed E-state index contributed by atoms with van der Waals surface area (Å²) in [5.74, 6) is -0.169. The van der Waals surface area contributed by atoms with E-state index in [1.54, 1.807) is 11.0 Å². The average molecular weight is 403 g/mol. The minimum atomic E-state index is -3.71. The average Bonchev–Trinajstić information content (AvgIpc) is 2.74. The molecule has 1 fully saturated rings. The van der Waals surface area contributed by atoms with Crippen molar-refractivity contribution >= 4 is 15.9 Å². The first-order valence-electron chi connectivity index (χ1n) is 9.37. The maximum Gasteiger partial charge on any atom is 0.244 e. The molecule has 0 aliphatic carbocycles. The highest BCUT2D eigenvalue weighted by Gasteiger charge is 2.27. The molecule has 0 radical (unpaired) electrons. The quantitative estimate of drug-likeness (QED) is 0.693. The first-order chi connectivity index (χ1) is 13.5. The lowest BCUT2D eigenvalue weighted by Crippen LogP contribution is -2.51. The molecule has 150 valence electrons. The van der Waals surface area contributed by atoms with Crippen LogP contribution in [0, 0.1) is 0 Å². The Hall–Kier alpha value is -2.29. The number of aromatic nitrogens is 1. The molecule has 1 aromatic carbocycles. The largest absolute Gasteiger partial charge is 0.339 e. The molecule has 28 heavy (non-hydrogen) atoms. The summed E-state index contributed by atoms with van der Waals surface area (Å²) in [6.45, 7) is 3.64. The minimum Gasteiger partial charge on any atom is -0.339 e. The van der Waals surface area contributed by atoms with Gasteiger partial charge in [-0.15, -0.1) is 0 Å². The molecule has 0 unspecified atom stereocenters. The van der Waals surface area contributed by atoms with Gasteiger partial charge in [0.1, 0.15) is 4.90 Å². The van der Waals surface area contributed by atoms with Crippen molar-refractivity contribution in [1.82, 2.24) is 19.1 Å². The summed E-state index contributed by atoms with van der Waals surface area (Å²) < 4.78 is 26.2. The van der Waals surface area contributed by atoms with E-state index in [-0.39, 0.29) is 17.3 Å². The van der Waals surface area contributed by atoms with Crippen LogP contribution >= 0.6 is 0 Å². The molecule has 0 spiro atoms. The number of carbonyl (C=O) groups excluding carboxylic acids is 1. The van der Waals surface area contributed by atoms with Crippen LogP contribution < -0.4 is 0 Å². The zero-order chi connectivity index (χ0) is 20.0. The van der Waals surface area contributed by atoms with Crippen LogP contribution in [-0.4, -0.2) is 79.7 Å². The molecular weight excluding hydrogens is 376 g/mol. The van der Waals surface area contributed by atoms with Gasteiger partial charge in [0, 0.05) is 52.2 Å². The van der Waals surface area contributed by atoms with Gasteiger partial charge in [0.2, 0.25) is 15.9 Å². The highest BCUT2D eigenvalue weighted by atomic mass is 32.2. The summed E-state index contributed by atoms with van der Waals surface area (Å²) >= 11 is 0. The molecule has 1 aromatic heterocycles. The summed E-state index contributed by atoms with van der Waals surface area (Å²) in [5, 5.41) is 0. The van der Waals surface area contributed by atoms with Crippen LogP contribution in [0.4, 0.5) is 0 Å². The predicted molar refractivity (Wildman–Crippen MR) is 107 cm³/mol. The van der Waals surface area contributed by atoms with E-state index in [0.717, 1.165) is 30.4 Å². The van der Waals surface area contributed by atoms with Crippen LogP contribution in [0.15, 0.2) is 59.8 Å². The number of benzene rings is 1. The Morgan fingerprint density at radius 2 is 1.79 bits per heavy atom. The molecule has 1 amide bonds. The second-order valence-corrected chi connectivity index (χ2v) is 8.95. The van der Waals surface area contributed by atoms with Crippen molar-refractivity contribution in [2.75, 3.05) is 46.3 Å². The molecule has 7 nitrogen and oxygen atoms in total. The summed E-state index contributed by atoms with van der Waals surface area (Å²) in [4.78, 5) is 20.6. The van der Waals surface area contributed by atoms with Gasteiger partial charge < -0.3 is 4.90 Å². The molecule has 2 heterocycles. The number of hydrogen-bond acceptors (Lipinski definition) is 5. The smallest absolute Gasteiger partial charge is 0.244 e. The fraction of sp³-hybridized carbons (Fsp3) is 0.400. The lowest BCUT2D eigenvalue weighted by atomic mass is 10.1. The van der Waals surface area contributed by atoms with Crippen molar-refractivity contribution in [1.29, 1.82) is 0 Å². The van der Waals surface area contributed by atoms with Crippen molar-refractivity contribution in [3.05, 3.63) is 60.4 Å². The second kappa shape index (κ2) is 9.27. The van der Waals surface area contributed by atoms with E-state index in [2.05, 4.69) is 22.0 Å². The number of sulfonamides is 1. The van der Waals surface area contributed by atoms with Crippen LogP contribution in [0.25, 0.3) is 0 Å². The van der Waals surface area contributed by atoms with Gasteiger partial charge in [-0.3, -0.25) is 14.7 Å². The first kappa shape index (κ1) is 20.4. The van der Waals surface area contributed by atoms with E-state index in [4.69, 9.17) is 0 Å². The maximum atomic E-state index is 12.6. The third kappa shape index (κ3) is 5.15. The van der Waals surface area contributed by atoms with Crippen LogP contribution in [0.5, 0.6) is 0 Å². The van der Waals surface area contributed by atoms with E-state index in [1.807, 2.05) is 18.2 Å². The third-order valence-corrected chi connectivity index (χ3v) is 6.77. The summed E-state index contributed by atoms with van der Waals surface area (Å²) in [6, 6.07) is 13.4. The molecule has 0 saturated carbocycles. The van der Waals surface area contributed by atoms with Crippen molar-refractivity contribution in [2.24, 2.45) is 0 Å². The number of likely N-dealkylation sites (N-methyl/N-ethyl adjacent to an activating group) is 1. The number of pyridine rings is 1. The van der Waals surface area contributed by atoms with Gasteiger partial charge in [0.25, 0.3) is 0 Å². The highest BCUT2D eigenvalue weighted by molar-refractivity contribution is 7.89. The van der Waals surface area contributed by atoms with Crippen LogP contribution in [0.1, 0.15) is 5.56 Å². The molecule has 0 bridgehead atoms. The van der Waals surface area contributed by atoms with E-state index < -0.39 is 10.0 Å². The SMILES string of the molecule is CN(CC(=O)N1CCN(CCc2ccccc2)CC1)S(=O)(=O)c1cccnc1. The van der Waals surface area contributed by atoms with E-state index in [9.17, 15) is 13.2 Å². The highest BCUT2D eigenvalue weighted by Crippen LogP contribution is 2.13. The van der Waals surface area contributed by atoms with Crippen LogP contribution in [0.2, 0.25) is 0 Å². The number of amides is 1. The topological polar surface area (TPSA) is 73.8 Å². The Kier molecular flexibility index (Phi) is 6.77. The molecule has 1 aliphatic heterocycles. The van der Waals surface area contributed by atoms with E-state index in [0.29, 0.717) is 13.1 Å². The summed E-state index contributed by atoms with van der Waals surface area (Å²) in [6.07, 6.45) is 3.80. The molecule has 1 aliphatic rings. The van der Waals surface area contributed by atoms with Gasteiger partial charge >= 0.3 is 0 Å². The molecule has 0 atom stereocenters. The Morgan fingerprint density at radius 1 is 1.07 bits per heavy atom. The van der Waals surface area contributed by atoms with E-state index >= 15 is 0 Å². The standard InChI is InChI=1S/C20H26N4O3S/c1-22(28(26,27)19-8-5-10-21-16-19)17-20(25)24-14-12-23(13-15-24)11-9-18-6-3-2-4-7-18/h2-8,10,16H,9,11-15,17H2,1H3. The fourth-order valence-corrected chi connectivity index (χ4v) is 4.29. The second-order valence-electron chi connectivity index (χ2n) is 6.91. The van der Waals surface area contributed by atoms with Gasteiger partial charge in [-0.25, -0.2) is 8.42 Å². The molecule has 8 heteroatoms. The van der Waals surface area contributed by atoms with Gasteiger partial charge in [-0.05, 0) is 24.1 Å². The van der Waals surface area contributed by atoms with Gasteiger partial charge in [0.15, 0.2) is 0 Å². The molecule has 0 N–H and O–H groups in total. The normalized spacial score (nSPS) is 15.7. The van der Waals surface area contributed by atoms with Crippen LogP contribution in [0.3, 0.4) is 0 Å². The Labute approximate surface area is 166 Å². The molecular formula is C20H26N4O3S. The first-order valence-corrected chi connectivity index (χ1v) is 10.8. The van der Waals surface area contributed by atoms with Gasteiger partial charge in [-0.1, -0.05) is 30.3 Å². The zero-order valence-corrected chi connectivity index (χ0v) is 16.9. The maximum absolute atomic E-state index is 12.6. The fourth-order valence-electron chi connectivity index (χ4n) is 3.21. The Bertz CT molecular complexity index is 867. The van der Waals surface area contributed by atoms with Crippen LogP contribution in [-0.2, 0) is 21.2 Å². The number of nitrogens with zero attached hydrogens (tertiary/aromatic N) is 4. The monoisotopic (exact) mass is 402 g/mol. The van der Waals surface area contributed by atoms with Gasteiger partial charge in [-0.2, -0.15) is 4.31 Å². The lowest BCUT2D eigenvalue weighted by Gasteiger charge is -2.35. The molecule has 2 aromatic rings. The van der Waals surface area contributed by atoms with Crippen molar-refractivity contribution in [2.45, 2.75) is 11.3 Å². The molecule has 1 saturated heterocycles. The Morgan fingerprint density at radius 3 is 2.43 bits per heavy atom. The number of rotatable bonds is 7. The van der Waals surface area contributed by atoms with Crippen molar-refractivity contribution < 1.29 is 13.2 Å². The molecule has 3 rings (SSSR count). The predicted octanol–water partition coefficient (Wildman–Crippen LogP) is 1.09. The minimum absolute atomic E-state index is 0.0935. The van der Waals surface area contributed by atoms with Crippen molar-refractivity contribution in [3.8, 4) is 0 Å². The lowest BCUT2D eigenvalue weighted by molar-refractivity contribution is -0.132. The third-order valence-electron chi connectivity index (χ3n) is 4.99. The van der Waals surface area contributed by atoms with Gasteiger partial charge in [0.05, 0.1) is 6.54 Å². The summed E-state index contributed by atoms with van der Waals surface area (Å²) in [7, 11) is -2.28. The van der Waals surface area contributed by atoms with Crippen molar-refractivity contribution in [3.63, 3.8) is 0 Å². The Balaban J connectivity index is 1.47. The zero-order valence-electron chi connectivity index (χ0n) is 16.1.